The largest absolute Gasteiger partial charge is 0.395 e. The van der Waals surface area contributed by atoms with Crippen molar-refractivity contribution in [2.45, 2.75) is 0 Å². The number of aromatic nitrogens is 1. The smallest absolute Gasteiger partial charge is 0.192 e. The van der Waals surface area contributed by atoms with Gasteiger partial charge in [-0.15, -0.1) is 0 Å². The Morgan fingerprint density at radius 3 is 3.09 bits per heavy atom. The van der Waals surface area contributed by atoms with Gasteiger partial charge in [0.05, 0.1) is 12.3 Å². The average Bonchev–Trinajstić information content (AvgIpc) is 2.03. The maximum Gasteiger partial charge on any atom is 0.192 e. The number of hydrogen-bond acceptors (Lipinski definition) is 3. The van der Waals surface area contributed by atoms with Crippen molar-refractivity contribution in [3.63, 3.8) is 0 Å². The lowest BCUT2D eigenvalue weighted by Gasteiger charge is -2.03. The molecule has 0 bridgehead atoms. The van der Waals surface area contributed by atoms with E-state index in [9.17, 15) is 0 Å². The van der Waals surface area contributed by atoms with Crippen molar-refractivity contribution in [3.8, 4) is 0 Å². The van der Waals surface area contributed by atoms with Crippen LogP contribution >= 0.6 is 0 Å². The van der Waals surface area contributed by atoms with E-state index in [0.717, 1.165) is 5.69 Å². The minimum Gasteiger partial charge on any atom is -0.395 e. The lowest BCUT2D eigenvalue weighted by Crippen LogP contribution is -2.10. The van der Waals surface area contributed by atoms with E-state index in [2.05, 4.69) is 10.3 Å². The van der Waals surface area contributed by atoms with E-state index in [1.54, 1.807) is 12.4 Å². The maximum absolute atomic E-state index is 8.51. The Labute approximate surface area is 65.1 Å². The number of aliphatic hydroxyl groups is 1. The minimum absolute atomic E-state index is 0.109. The third-order valence-corrected chi connectivity index (χ3v) is 1.32. The van der Waals surface area contributed by atoms with Gasteiger partial charge in [0.1, 0.15) is 5.69 Å². The van der Waals surface area contributed by atoms with Crippen LogP contribution in [0.25, 0.3) is 0 Å². The summed E-state index contributed by atoms with van der Waals surface area (Å²) in [5.41, 5.74) is 7.08. The first kappa shape index (κ1) is 7.81. The third-order valence-electron chi connectivity index (χ3n) is 1.32. The number of aromatic amines is 1. The summed E-state index contributed by atoms with van der Waals surface area (Å²) in [4.78, 5) is 2.85. The Morgan fingerprint density at radius 1 is 1.64 bits per heavy atom. The second-order valence-electron chi connectivity index (χ2n) is 2.16. The normalized spacial score (nSPS) is 9.55. The fourth-order valence-electron chi connectivity index (χ4n) is 0.795. The Balaban J connectivity index is 2.62. The van der Waals surface area contributed by atoms with Crippen molar-refractivity contribution < 1.29 is 10.1 Å². The Morgan fingerprint density at radius 2 is 2.45 bits per heavy atom. The molecule has 1 aromatic heterocycles. The highest BCUT2D eigenvalue weighted by molar-refractivity contribution is 5.63. The van der Waals surface area contributed by atoms with Crippen molar-refractivity contribution in [2.75, 3.05) is 24.2 Å². The molecule has 0 saturated carbocycles. The van der Waals surface area contributed by atoms with Gasteiger partial charge in [0.15, 0.2) is 12.4 Å². The molecule has 0 aromatic carbocycles. The molecule has 1 aromatic rings. The highest BCUT2D eigenvalue weighted by Gasteiger charge is 1.97. The minimum atomic E-state index is 0.109. The van der Waals surface area contributed by atoms with Crippen LogP contribution in [0.2, 0.25) is 0 Å². The van der Waals surface area contributed by atoms with Crippen LogP contribution in [0, 0.1) is 0 Å². The van der Waals surface area contributed by atoms with Crippen LogP contribution in [0.5, 0.6) is 0 Å². The van der Waals surface area contributed by atoms with E-state index in [1.807, 2.05) is 6.07 Å². The predicted octanol–water partition coefficient (Wildman–Crippen LogP) is -0.513. The van der Waals surface area contributed by atoms with Gasteiger partial charge in [-0.2, -0.15) is 0 Å². The predicted molar refractivity (Wildman–Crippen MR) is 43.0 cm³/mol. The van der Waals surface area contributed by atoms with Gasteiger partial charge in [-0.05, 0) is 0 Å². The molecule has 0 saturated heterocycles. The maximum atomic E-state index is 8.51. The van der Waals surface area contributed by atoms with Gasteiger partial charge in [0, 0.05) is 12.6 Å². The molecule has 0 fully saturated rings. The molecule has 1 rings (SSSR count). The van der Waals surface area contributed by atoms with Crippen molar-refractivity contribution in [2.24, 2.45) is 0 Å². The molecular weight excluding hydrogens is 142 g/mol. The lowest BCUT2D eigenvalue weighted by molar-refractivity contribution is -0.376. The number of H-pyrrole nitrogens is 1. The number of nitrogens with two attached hydrogens (primary N) is 1. The van der Waals surface area contributed by atoms with Crippen LogP contribution in [-0.2, 0) is 0 Å². The highest BCUT2D eigenvalue weighted by atomic mass is 16.3. The second-order valence-corrected chi connectivity index (χ2v) is 2.16. The molecule has 0 radical (unpaired) electrons. The molecule has 0 spiro atoms. The summed E-state index contributed by atoms with van der Waals surface area (Å²) in [5, 5.41) is 11.5. The van der Waals surface area contributed by atoms with Crippen LogP contribution in [-0.4, -0.2) is 18.3 Å². The number of hydrogen-bond donors (Lipinski definition) is 3. The molecule has 4 nitrogen and oxygen atoms in total. The zero-order valence-corrected chi connectivity index (χ0v) is 6.17. The summed E-state index contributed by atoms with van der Waals surface area (Å²) in [5.74, 6) is 0. The van der Waals surface area contributed by atoms with Crippen LogP contribution in [0.1, 0.15) is 0 Å². The summed E-state index contributed by atoms with van der Waals surface area (Å²) in [6, 6.07) is 1.82. The summed E-state index contributed by atoms with van der Waals surface area (Å²) < 4.78 is 0. The standard InChI is InChI=1S/C7H11N3O/c8-6-5-9-2-1-7(6)10-3-4-11/h1-2,5,11H,3-4,8H2,(H,9,10)/p+1. The van der Waals surface area contributed by atoms with Crippen molar-refractivity contribution in [1.82, 2.24) is 0 Å². The van der Waals surface area contributed by atoms with Crippen molar-refractivity contribution >= 4 is 11.4 Å². The van der Waals surface area contributed by atoms with E-state index in [0.29, 0.717) is 12.2 Å². The monoisotopic (exact) mass is 154 g/mol. The number of nitrogens with one attached hydrogen (secondary N) is 2. The number of pyridine rings is 1. The van der Waals surface area contributed by atoms with Gasteiger partial charge < -0.3 is 16.2 Å². The molecule has 0 amide bonds. The van der Waals surface area contributed by atoms with Gasteiger partial charge in [-0.3, -0.25) is 0 Å². The molecular formula is C7H12N3O+. The molecule has 60 valence electrons. The van der Waals surface area contributed by atoms with Crippen LogP contribution in [0.15, 0.2) is 18.5 Å². The van der Waals surface area contributed by atoms with Gasteiger partial charge in [0.2, 0.25) is 0 Å². The molecule has 4 heteroatoms. The van der Waals surface area contributed by atoms with Gasteiger partial charge in [-0.1, -0.05) is 0 Å². The molecule has 0 unspecified atom stereocenters. The van der Waals surface area contributed by atoms with Crippen LogP contribution < -0.4 is 16.0 Å². The summed E-state index contributed by atoms with van der Waals surface area (Å²) in [7, 11) is 0. The Hall–Kier alpha value is -1.29. The molecule has 1 heterocycles. The third kappa shape index (κ3) is 2.09. The first-order valence-corrected chi connectivity index (χ1v) is 3.45. The zero-order valence-electron chi connectivity index (χ0n) is 6.17. The molecule has 11 heavy (non-hydrogen) atoms. The topological polar surface area (TPSA) is 72.4 Å². The summed E-state index contributed by atoms with van der Waals surface area (Å²) in [6.07, 6.45) is 3.47. The quantitative estimate of drug-likeness (QED) is 0.549. The fraction of sp³-hybridized carbons (Fsp3) is 0.286. The Kier molecular flexibility index (Phi) is 2.68. The fourth-order valence-corrected chi connectivity index (χ4v) is 0.795. The van der Waals surface area contributed by atoms with E-state index < -0.39 is 0 Å². The van der Waals surface area contributed by atoms with Crippen molar-refractivity contribution in [1.29, 1.82) is 0 Å². The first-order chi connectivity index (χ1) is 5.34. The van der Waals surface area contributed by atoms with Crippen LogP contribution in [0.3, 0.4) is 0 Å². The van der Waals surface area contributed by atoms with Gasteiger partial charge in [-0.25, -0.2) is 4.98 Å². The molecule has 0 aliphatic rings. The molecule has 0 aliphatic carbocycles. The number of aliphatic hydroxyl groups excluding tert-OH is 1. The second kappa shape index (κ2) is 3.78. The summed E-state index contributed by atoms with van der Waals surface area (Å²) in [6.45, 7) is 0.631. The molecule has 0 aliphatic heterocycles. The van der Waals surface area contributed by atoms with E-state index >= 15 is 0 Å². The number of nitrogen functional groups attached to an aromatic ring is 1. The molecule has 5 N–H and O–H groups in total. The number of rotatable bonds is 3. The number of anilines is 2. The lowest BCUT2D eigenvalue weighted by atomic mass is 10.3. The van der Waals surface area contributed by atoms with E-state index in [1.165, 1.54) is 0 Å². The van der Waals surface area contributed by atoms with Gasteiger partial charge in [0.25, 0.3) is 0 Å². The van der Waals surface area contributed by atoms with E-state index in [-0.39, 0.29) is 6.61 Å². The van der Waals surface area contributed by atoms with Crippen molar-refractivity contribution in [3.05, 3.63) is 18.5 Å². The zero-order chi connectivity index (χ0) is 8.10. The van der Waals surface area contributed by atoms with Crippen LogP contribution in [0.4, 0.5) is 11.4 Å². The van der Waals surface area contributed by atoms with Gasteiger partial charge >= 0.3 is 0 Å². The average molecular weight is 154 g/mol. The highest BCUT2D eigenvalue weighted by Crippen LogP contribution is 2.12. The SMILES string of the molecule is Nc1c[nH+]ccc1NCCO. The molecule has 0 atom stereocenters. The first-order valence-electron chi connectivity index (χ1n) is 3.45. The Bertz CT molecular complexity index is 227. The van der Waals surface area contributed by atoms with E-state index in [4.69, 9.17) is 10.8 Å². The summed E-state index contributed by atoms with van der Waals surface area (Å²) >= 11 is 0.